The lowest BCUT2D eigenvalue weighted by Gasteiger charge is -2.30. The number of aromatic nitrogens is 2. The molecule has 1 aliphatic carbocycles. The Bertz CT molecular complexity index is 510. The third-order valence-electron chi connectivity index (χ3n) is 5.19. The fourth-order valence-electron chi connectivity index (χ4n) is 3.85. The van der Waals surface area contributed by atoms with Gasteiger partial charge in [-0.2, -0.15) is 4.98 Å². The molecule has 1 atom stereocenters. The topological polar surface area (TPSA) is 71.3 Å². The van der Waals surface area contributed by atoms with Crippen LogP contribution in [0.1, 0.15) is 68.4 Å². The molecular weight excluding hydrogens is 292 g/mol. The monoisotopic (exact) mass is 320 g/mol. The Balaban J connectivity index is 1.47. The van der Waals surface area contributed by atoms with Crippen LogP contribution < -0.4 is 5.32 Å². The number of aryl methyl sites for hydroxylation is 1. The lowest BCUT2D eigenvalue weighted by molar-refractivity contribution is 0.0923. The van der Waals surface area contributed by atoms with Gasteiger partial charge in [-0.05, 0) is 38.1 Å². The third kappa shape index (κ3) is 4.31. The van der Waals surface area contributed by atoms with Crippen LogP contribution in [0, 0.1) is 5.92 Å². The van der Waals surface area contributed by atoms with E-state index in [1.165, 1.54) is 58.0 Å². The second kappa shape index (κ2) is 7.90. The quantitative estimate of drug-likeness (QED) is 0.871. The Morgan fingerprint density at radius 2 is 2.09 bits per heavy atom. The smallest absolute Gasteiger partial charge is 0.292 e. The number of amides is 1. The first-order chi connectivity index (χ1) is 11.3. The van der Waals surface area contributed by atoms with E-state index >= 15 is 0 Å². The van der Waals surface area contributed by atoms with Crippen molar-refractivity contribution in [1.82, 2.24) is 20.4 Å². The highest BCUT2D eigenvalue weighted by atomic mass is 16.5. The maximum atomic E-state index is 12.1. The van der Waals surface area contributed by atoms with Gasteiger partial charge >= 0.3 is 0 Å². The fourth-order valence-corrected chi connectivity index (χ4v) is 3.85. The van der Waals surface area contributed by atoms with Gasteiger partial charge in [0.2, 0.25) is 5.89 Å². The molecule has 1 aromatic heterocycles. The van der Waals surface area contributed by atoms with E-state index in [4.69, 9.17) is 4.52 Å². The molecule has 2 aliphatic rings. The molecule has 0 spiro atoms. The Morgan fingerprint density at radius 3 is 2.83 bits per heavy atom. The van der Waals surface area contributed by atoms with Crippen molar-refractivity contribution in [1.29, 1.82) is 0 Å². The molecule has 0 bridgehead atoms. The lowest BCUT2D eigenvalue weighted by atomic mass is 9.89. The SMILES string of the molecule is CCc1nc(C(=O)NCC2CCCN2CC2CCCCC2)no1. The van der Waals surface area contributed by atoms with E-state index in [0.717, 1.165) is 5.92 Å². The normalized spacial score (nSPS) is 23.3. The van der Waals surface area contributed by atoms with Gasteiger partial charge in [-0.25, -0.2) is 0 Å². The maximum absolute atomic E-state index is 12.1. The largest absolute Gasteiger partial charge is 0.348 e. The highest BCUT2D eigenvalue weighted by Gasteiger charge is 2.28. The van der Waals surface area contributed by atoms with Crippen molar-refractivity contribution < 1.29 is 9.32 Å². The molecule has 0 aromatic carbocycles. The first kappa shape index (κ1) is 16.4. The van der Waals surface area contributed by atoms with Crippen LogP contribution in [0.5, 0.6) is 0 Å². The van der Waals surface area contributed by atoms with Crippen LogP contribution >= 0.6 is 0 Å². The fraction of sp³-hybridized carbons (Fsp3) is 0.824. The number of likely N-dealkylation sites (tertiary alicyclic amines) is 1. The summed E-state index contributed by atoms with van der Waals surface area (Å²) in [6.07, 6.45) is 9.97. The predicted octanol–water partition coefficient (Wildman–Crippen LogP) is 2.41. The van der Waals surface area contributed by atoms with Crippen LogP contribution in [-0.4, -0.2) is 46.6 Å². The van der Waals surface area contributed by atoms with Gasteiger partial charge in [0.1, 0.15) is 0 Å². The van der Waals surface area contributed by atoms with E-state index in [2.05, 4.69) is 20.4 Å². The number of nitrogens with zero attached hydrogens (tertiary/aromatic N) is 3. The Morgan fingerprint density at radius 1 is 1.26 bits per heavy atom. The van der Waals surface area contributed by atoms with Crippen LogP contribution in [0.15, 0.2) is 4.52 Å². The first-order valence-corrected chi connectivity index (χ1v) is 9.11. The summed E-state index contributed by atoms with van der Waals surface area (Å²) in [5, 5.41) is 6.71. The van der Waals surface area contributed by atoms with Crippen molar-refractivity contribution in [3.8, 4) is 0 Å². The van der Waals surface area contributed by atoms with Gasteiger partial charge in [0.15, 0.2) is 0 Å². The summed E-state index contributed by atoms with van der Waals surface area (Å²) in [5.41, 5.74) is 0. The molecule has 1 aromatic rings. The molecule has 128 valence electrons. The zero-order chi connectivity index (χ0) is 16.1. The molecule has 1 saturated carbocycles. The third-order valence-corrected chi connectivity index (χ3v) is 5.19. The van der Waals surface area contributed by atoms with Crippen LogP contribution in [0.3, 0.4) is 0 Å². The minimum atomic E-state index is -0.224. The summed E-state index contributed by atoms with van der Waals surface area (Å²) in [6.45, 7) is 4.97. The molecule has 0 radical (unpaired) electrons. The molecule has 2 heterocycles. The molecule has 1 amide bonds. The van der Waals surface area contributed by atoms with Crippen molar-refractivity contribution in [3.05, 3.63) is 11.7 Å². The number of nitrogens with one attached hydrogen (secondary N) is 1. The molecule has 1 unspecified atom stereocenters. The number of hydrogen-bond donors (Lipinski definition) is 1. The standard InChI is InChI=1S/C17H28N4O2/c1-2-15-19-16(20-23-15)17(22)18-11-14-9-6-10-21(14)12-13-7-4-3-5-8-13/h13-14H,2-12H2,1H3,(H,18,22). The minimum Gasteiger partial charge on any atom is -0.348 e. The number of carbonyl (C=O) groups excluding carboxylic acids is 1. The van der Waals surface area contributed by atoms with Gasteiger partial charge in [0.25, 0.3) is 11.7 Å². The van der Waals surface area contributed by atoms with Gasteiger partial charge < -0.3 is 9.84 Å². The summed E-state index contributed by atoms with van der Waals surface area (Å²) < 4.78 is 5.00. The second-order valence-electron chi connectivity index (χ2n) is 6.87. The molecule has 2 fully saturated rings. The zero-order valence-corrected chi connectivity index (χ0v) is 14.1. The van der Waals surface area contributed by atoms with Crippen LogP contribution in [0.25, 0.3) is 0 Å². The van der Waals surface area contributed by atoms with Gasteiger partial charge in [-0.1, -0.05) is 31.3 Å². The molecular formula is C17H28N4O2. The Kier molecular flexibility index (Phi) is 5.65. The van der Waals surface area contributed by atoms with Crippen molar-refractivity contribution in [3.63, 3.8) is 0 Å². The van der Waals surface area contributed by atoms with Crippen LogP contribution in [0.4, 0.5) is 0 Å². The number of hydrogen-bond acceptors (Lipinski definition) is 5. The summed E-state index contributed by atoms with van der Waals surface area (Å²) in [7, 11) is 0. The molecule has 1 N–H and O–H groups in total. The number of rotatable bonds is 6. The van der Waals surface area contributed by atoms with Crippen molar-refractivity contribution in [2.45, 2.75) is 64.3 Å². The molecule has 3 rings (SSSR count). The molecule has 6 heteroatoms. The number of carbonyl (C=O) groups is 1. The molecule has 6 nitrogen and oxygen atoms in total. The van der Waals surface area contributed by atoms with E-state index in [1.54, 1.807) is 0 Å². The predicted molar refractivity (Wildman–Crippen MR) is 87.2 cm³/mol. The van der Waals surface area contributed by atoms with E-state index in [9.17, 15) is 4.79 Å². The maximum Gasteiger partial charge on any atom is 0.292 e. The van der Waals surface area contributed by atoms with Gasteiger partial charge in [0, 0.05) is 25.6 Å². The summed E-state index contributed by atoms with van der Waals surface area (Å²) in [4.78, 5) is 18.8. The van der Waals surface area contributed by atoms with Crippen molar-refractivity contribution >= 4 is 5.91 Å². The van der Waals surface area contributed by atoms with Crippen LogP contribution in [0.2, 0.25) is 0 Å². The summed E-state index contributed by atoms with van der Waals surface area (Å²) >= 11 is 0. The summed E-state index contributed by atoms with van der Waals surface area (Å²) in [6, 6.07) is 0.457. The molecule has 23 heavy (non-hydrogen) atoms. The Hall–Kier alpha value is -1.43. The van der Waals surface area contributed by atoms with Gasteiger partial charge in [0.05, 0.1) is 0 Å². The van der Waals surface area contributed by atoms with E-state index < -0.39 is 0 Å². The molecule has 1 saturated heterocycles. The molecule has 1 aliphatic heterocycles. The van der Waals surface area contributed by atoms with E-state index in [0.29, 0.717) is 24.9 Å². The van der Waals surface area contributed by atoms with Crippen LogP contribution in [-0.2, 0) is 6.42 Å². The zero-order valence-electron chi connectivity index (χ0n) is 14.1. The highest BCUT2D eigenvalue weighted by Crippen LogP contribution is 2.27. The average Bonchev–Trinajstić information content (AvgIpc) is 3.23. The van der Waals surface area contributed by atoms with Gasteiger partial charge in [-0.3, -0.25) is 9.69 Å². The highest BCUT2D eigenvalue weighted by molar-refractivity contribution is 5.90. The Labute approximate surface area is 138 Å². The lowest BCUT2D eigenvalue weighted by Crippen LogP contribution is -2.42. The van der Waals surface area contributed by atoms with Gasteiger partial charge in [-0.15, -0.1) is 0 Å². The van der Waals surface area contributed by atoms with Crippen molar-refractivity contribution in [2.75, 3.05) is 19.6 Å². The minimum absolute atomic E-state index is 0.152. The average molecular weight is 320 g/mol. The second-order valence-corrected chi connectivity index (χ2v) is 6.87. The first-order valence-electron chi connectivity index (χ1n) is 9.11. The van der Waals surface area contributed by atoms with Crippen molar-refractivity contribution in [2.24, 2.45) is 5.92 Å². The van der Waals surface area contributed by atoms with E-state index in [1.807, 2.05) is 6.92 Å². The summed E-state index contributed by atoms with van der Waals surface area (Å²) in [5.74, 6) is 1.29. The van der Waals surface area contributed by atoms with E-state index in [-0.39, 0.29) is 11.7 Å².